The molecule has 2 aromatic rings. The fourth-order valence-corrected chi connectivity index (χ4v) is 1.71. The Hall–Kier alpha value is -1.82. The minimum atomic E-state index is -0.371. The van der Waals surface area contributed by atoms with Crippen molar-refractivity contribution >= 4 is 5.65 Å². The van der Waals surface area contributed by atoms with E-state index in [1.54, 1.807) is 10.5 Å². The first-order chi connectivity index (χ1) is 7.28. The number of halogens is 1. The third kappa shape index (κ3) is 1.30. The van der Waals surface area contributed by atoms with Crippen LogP contribution in [0.3, 0.4) is 0 Å². The van der Waals surface area contributed by atoms with Crippen molar-refractivity contribution < 1.29 is 4.39 Å². The summed E-state index contributed by atoms with van der Waals surface area (Å²) < 4.78 is 15.1. The molecule has 0 saturated heterocycles. The van der Waals surface area contributed by atoms with Crippen LogP contribution in [0.15, 0.2) is 18.5 Å². The molecule has 1 saturated carbocycles. The number of terminal acetylenes is 1. The van der Waals surface area contributed by atoms with Crippen LogP contribution in [0.5, 0.6) is 0 Å². The number of fused-ring (bicyclic) bond motifs is 1. The van der Waals surface area contributed by atoms with Gasteiger partial charge in [0.25, 0.3) is 0 Å². The number of imidazole rings is 1. The molecule has 0 spiro atoms. The predicted molar refractivity (Wildman–Crippen MR) is 55.1 cm³/mol. The van der Waals surface area contributed by atoms with E-state index in [-0.39, 0.29) is 11.4 Å². The van der Waals surface area contributed by atoms with E-state index in [0.717, 1.165) is 11.3 Å². The summed E-state index contributed by atoms with van der Waals surface area (Å²) >= 11 is 0. The lowest BCUT2D eigenvalue weighted by atomic mass is 10.2. The first kappa shape index (κ1) is 8.49. The number of aromatic nitrogens is 2. The van der Waals surface area contributed by atoms with Gasteiger partial charge >= 0.3 is 0 Å². The summed E-state index contributed by atoms with van der Waals surface area (Å²) in [4.78, 5) is 4.43. The van der Waals surface area contributed by atoms with Crippen molar-refractivity contribution in [1.82, 2.24) is 9.38 Å². The second-order valence-electron chi connectivity index (χ2n) is 3.88. The molecule has 1 aliphatic carbocycles. The summed E-state index contributed by atoms with van der Waals surface area (Å²) in [5.41, 5.74) is 2.05. The molecule has 0 unspecified atom stereocenters. The zero-order chi connectivity index (χ0) is 10.4. The van der Waals surface area contributed by atoms with E-state index >= 15 is 0 Å². The standard InChI is InChI=1S/C12H9FN2/c1-2-8-5-12-14-11(9-3-4-9)7-15(12)6-10(8)13/h1,5-7,9H,3-4H2. The molecule has 0 bridgehead atoms. The van der Waals surface area contributed by atoms with Crippen molar-refractivity contribution in [2.75, 3.05) is 0 Å². The summed E-state index contributed by atoms with van der Waals surface area (Å²) in [7, 11) is 0. The third-order valence-electron chi connectivity index (χ3n) is 2.71. The average Bonchev–Trinajstić information content (AvgIpc) is 2.99. The first-order valence-electron chi connectivity index (χ1n) is 4.92. The minimum absolute atomic E-state index is 0.274. The largest absolute Gasteiger partial charge is 0.304 e. The second kappa shape index (κ2) is 2.83. The van der Waals surface area contributed by atoms with Crippen LogP contribution in [0.25, 0.3) is 5.65 Å². The van der Waals surface area contributed by atoms with E-state index in [0.29, 0.717) is 5.92 Å². The van der Waals surface area contributed by atoms with Crippen LogP contribution in [0.1, 0.15) is 30.0 Å². The van der Waals surface area contributed by atoms with Gasteiger partial charge in [0, 0.05) is 18.3 Å². The van der Waals surface area contributed by atoms with Crippen LogP contribution in [0.2, 0.25) is 0 Å². The lowest BCUT2D eigenvalue weighted by molar-refractivity contribution is 0.616. The van der Waals surface area contributed by atoms with Gasteiger partial charge < -0.3 is 4.40 Å². The Morgan fingerprint density at radius 1 is 1.47 bits per heavy atom. The highest BCUT2D eigenvalue weighted by Crippen LogP contribution is 2.39. The maximum atomic E-state index is 13.4. The van der Waals surface area contributed by atoms with Gasteiger partial charge in [0.15, 0.2) is 5.82 Å². The molecule has 0 aromatic carbocycles. The summed E-state index contributed by atoms with van der Waals surface area (Å²) in [6.45, 7) is 0. The summed E-state index contributed by atoms with van der Waals surface area (Å²) in [5.74, 6) is 2.51. The molecule has 15 heavy (non-hydrogen) atoms. The van der Waals surface area contributed by atoms with Gasteiger partial charge in [-0.2, -0.15) is 0 Å². The van der Waals surface area contributed by atoms with Crippen LogP contribution in [-0.4, -0.2) is 9.38 Å². The highest BCUT2D eigenvalue weighted by Gasteiger charge is 2.26. The minimum Gasteiger partial charge on any atom is -0.304 e. The smallest absolute Gasteiger partial charge is 0.155 e. The van der Waals surface area contributed by atoms with Gasteiger partial charge in [-0.25, -0.2) is 9.37 Å². The van der Waals surface area contributed by atoms with Crippen molar-refractivity contribution in [2.45, 2.75) is 18.8 Å². The van der Waals surface area contributed by atoms with E-state index < -0.39 is 0 Å². The van der Waals surface area contributed by atoms with E-state index in [1.807, 2.05) is 6.20 Å². The van der Waals surface area contributed by atoms with Crippen molar-refractivity contribution in [1.29, 1.82) is 0 Å². The van der Waals surface area contributed by atoms with Gasteiger partial charge in [0.05, 0.1) is 11.3 Å². The number of pyridine rings is 1. The molecule has 0 aliphatic heterocycles. The Balaban J connectivity index is 2.22. The van der Waals surface area contributed by atoms with Crippen molar-refractivity contribution in [3.63, 3.8) is 0 Å². The van der Waals surface area contributed by atoms with Gasteiger partial charge in [-0.05, 0) is 18.9 Å². The molecular weight excluding hydrogens is 191 g/mol. The molecule has 1 aliphatic rings. The SMILES string of the molecule is C#Cc1cc2nc(C3CC3)cn2cc1F. The Kier molecular flexibility index (Phi) is 1.60. The Labute approximate surface area is 86.8 Å². The monoisotopic (exact) mass is 200 g/mol. The lowest BCUT2D eigenvalue weighted by Gasteiger charge is -1.95. The van der Waals surface area contributed by atoms with Crippen LogP contribution in [-0.2, 0) is 0 Å². The quantitative estimate of drug-likeness (QED) is 0.646. The number of hydrogen-bond donors (Lipinski definition) is 0. The van der Waals surface area contributed by atoms with Crippen LogP contribution >= 0.6 is 0 Å². The maximum absolute atomic E-state index is 13.4. The van der Waals surface area contributed by atoms with Gasteiger partial charge in [-0.3, -0.25) is 0 Å². The molecular formula is C12H9FN2. The molecule has 0 N–H and O–H groups in total. The Morgan fingerprint density at radius 2 is 2.27 bits per heavy atom. The van der Waals surface area contributed by atoms with Crippen molar-refractivity contribution in [3.05, 3.63) is 35.5 Å². The molecule has 2 heterocycles. The molecule has 3 rings (SSSR count). The van der Waals surface area contributed by atoms with Crippen LogP contribution < -0.4 is 0 Å². The van der Waals surface area contributed by atoms with Crippen LogP contribution in [0.4, 0.5) is 4.39 Å². The van der Waals surface area contributed by atoms with Gasteiger partial charge in [-0.1, -0.05) is 5.92 Å². The molecule has 0 atom stereocenters. The normalized spacial score (nSPS) is 15.5. The van der Waals surface area contributed by atoms with Crippen molar-refractivity contribution in [2.24, 2.45) is 0 Å². The topological polar surface area (TPSA) is 17.3 Å². The fraction of sp³-hybridized carbons (Fsp3) is 0.250. The Bertz CT molecular complexity index is 573. The average molecular weight is 200 g/mol. The molecule has 0 amide bonds. The van der Waals surface area contributed by atoms with E-state index in [1.165, 1.54) is 19.0 Å². The molecule has 2 nitrogen and oxygen atoms in total. The molecule has 3 heteroatoms. The molecule has 1 fully saturated rings. The molecule has 74 valence electrons. The summed E-state index contributed by atoms with van der Waals surface area (Å²) in [6.07, 6.45) is 10.8. The summed E-state index contributed by atoms with van der Waals surface area (Å²) in [6, 6.07) is 1.61. The fourth-order valence-electron chi connectivity index (χ4n) is 1.71. The van der Waals surface area contributed by atoms with Gasteiger partial charge in [0.1, 0.15) is 5.65 Å². The highest BCUT2D eigenvalue weighted by molar-refractivity contribution is 5.49. The van der Waals surface area contributed by atoms with Gasteiger partial charge in [0.2, 0.25) is 0 Å². The maximum Gasteiger partial charge on any atom is 0.155 e. The lowest BCUT2D eigenvalue weighted by Crippen LogP contribution is -1.89. The van der Waals surface area contributed by atoms with E-state index in [4.69, 9.17) is 6.42 Å². The van der Waals surface area contributed by atoms with E-state index in [9.17, 15) is 4.39 Å². The highest BCUT2D eigenvalue weighted by atomic mass is 19.1. The zero-order valence-corrected chi connectivity index (χ0v) is 8.07. The number of hydrogen-bond acceptors (Lipinski definition) is 1. The third-order valence-corrected chi connectivity index (χ3v) is 2.71. The summed E-state index contributed by atoms with van der Waals surface area (Å²) in [5, 5.41) is 0. The zero-order valence-electron chi connectivity index (χ0n) is 8.07. The van der Waals surface area contributed by atoms with Crippen molar-refractivity contribution in [3.8, 4) is 12.3 Å². The predicted octanol–water partition coefficient (Wildman–Crippen LogP) is 2.33. The van der Waals surface area contributed by atoms with Crippen LogP contribution in [0, 0.1) is 18.2 Å². The Morgan fingerprint density at radius 3 is 2.93 bits per heavy atom. The molecule has 2 aromatic heterocycles. The van der Waals surface area contributed by atoms with Gasteiger partial charge in [-0.15, -0.1) is 6.42 Å². The first-order valence-corrected chi connectivity index (χ1v) is 4.92. The number of rotatable bonds is 1. The second-order valence-corrected chi connectivity index (χ2v) is 3.88. The van der Waals surface area contributed by atoms with E-state index in [2.05, 4.69) is 10.9 Å². The molecule has 0 radical (unpaired) electrons. The number of nitrogens with zero attached hydrogens (tertiary/aromatic N) is 2.